The Morgan fingerprint density at radius 1 is 1.43 bits per heavy atom. The molecule has 116 valence electrons. The summed E-state index contributed by atoms with van der Waals surface area (Å²) in [7, 11) is 0. The van der Waals surface area contributed by atoms with Gasteiger partial charge in [0.05, 0.1) is 0 Å². The summed E-state index contributed by atoms with van der Waals surface area (Å²) in [6.45, 7) is 8.27. The number of hydrogen-bond donors (Lipinski definition) is 2. The van der Waals surface area contributed by atoms with Gasteiger partial charge < -0.3 is 4.74 Å². The lowest BCUT2D eigenvalue weighted by atomic mass is 10.2. The molecule has 0 aromatic heterocycles. The van der Waals surface area contributed by atoms with Gasteiger partial charge in [-0.05, 0) is 18.2 Å². The minimum atomic E-state index is -0.309. The summed E-state index contributed by atoms with van der Waals surface area (Å²) < 4.78 is 5.75. The summed E-state index contributed by atoms with van der Waals surface area (Å²) in [5.74, 6) is 5.52. The van der Waals surface area contributed by atoms with Crippen molar-refractivity contribution in [3.8, 4) is 5.75 Å². The molecule has 0 bridgehead atoms. The van der Waals surface area contributed by atoms with Crippen LogP contribution in [0.3, 0.4) is 0 Å². The Kier molecular flexibility index (Phi) is 5.90. The van der Waals surface area contributed by atoms with Crippen molar-refractivity contribution in [2.24, 2.45) is 5.84 Å². The fraction of sp³-hybridized carbons (Fsp3) is 0.533. The van der Waals surface area contributed by atoms with Gasteiger partial charge in [0.25, 0.3) is 5.91 Å². The molecule has 0 saturated carbocycles. The Labute approximate surface area is 130 Å². The third-order valence-electron chi connectivity index (χ3n) is 3.40. The summed E-state index contributed by atoms with van der Waals surface area (Å²) in [6, 6.07) is 7.06. The lowest BCUT2D eigenvalue weighted by molar-refractivity contribution is 0.0953. The van der Waals surface area contributed by atoms with Crippen LogP contribution in [0.25, 0.3) is 0 Å². The number of nitrogens with zero attached hydrogens (tertiary/aromatic N) is 1. The highest BCUT2D eigenvalue weighted by molar-refractivity contribution is 8.00. The predicted molar refractivity (Wildman–Crippen MR) is 86.5 cm³/mol. The van der Waals surface area contributed by atoms with E-state index in [4.69, 9.17) is 10.6 Å². The first-order chi connectivity index (χ1) is 10.1. The van der Waals surface area contributed by atoms with Gasteiger partial charge in [-0.15, -0.1) is 0 Å². The van der Waals surface area contributed by atoms with Crippen molar-refractivity contribution in [3.63, 3.8) is 0 Å². The molecule has 2 atom stereocenters. The smallest absolute Gasteiger partial charge is 0.265 e. The predicted octanol–water partition coefficient (Wildman–Crippen LogP) is 1.49. The van der Waals surface area contributed by atoms with Crippen LogP contribution < -0.4 is 16.0 Å². The van der Waals surface area contributed by atoms with Gasteiger partial charge in [0, 0.05) is 35.7 Å². The number of ether oxygens (including phenoxy) is 1. The summed E-state index contributed by atoms with van der Waals surface area (Å²) in [5, 5.41) is 1.34. The Morgan fingerprint density at radius 2 is 2.14 bits per heavy atom. The first kappa shape index (κ1) is 16.1. The fourth-order valence-corrected chi connectivity index (χ4v) is 3.96. The Bertz CT molecular complexity index is 474. The van der Waals surface area contributed by atoms with E-state index in [1.54, 1.807) is 18.2 Å². The zero-order valence-corrected chi connectivity index (χ0v) is 13.4. The van der Waals surface area contributed by atoms with E-state index in [-0.39, 0.29) is 5.91 Å². The zero-order valence-electron chi connectivity index (χ0n) is 12.5. The van der Waals surface area contributed by atoms with Crippen molar-refractivity contribution in [1.82, 2.24) is 10.3 Å². The number of carbonyl (C=O) groups excluding carboxylic acids is 1. The number of carbonyl (C=O) groups is 1. The van der Waals surface area contributed by atoms with Gasteiger partial charge in [-0.25, -0.2) is 5.84 Å². The number of nitrogens with one attached hydrogen (secondary N) is 1. The molecule has 1 aliphatic heterocycles. The second kappa shape index (κ2) is 7.68. The molecule has 21 heavy (non-hydrogen) atoms. The molecule has 1 saturated heterocycles. The molecule has 3 N–H and O–H groups in total. The SMILES string of the molecule is CC1CN(CCOc2cccc(C(=O)NN)c2)CC(C)S1. The summed E-state index contributed by atoms with van der Waals surface area (Å²) >= 11 is 2.04. The molecule has 0 radical (unpaired) electrons. The highest BCUT2D eigenvalue weighted by Gasteiger charge is 2.21. The van der Waals surface area contributed by atoms with Crippen LogP contribution in [0.15, 0.2) is 24.3 Å². The molecule has 6 heteroatoms. The van der Waals surface area contributed by atoms with Crippen molar-refractivity contribution in [2.45, 2.75) is 24.3 Å². The van der Waals surface area contributed by atoms with Crippen molar-refractivity contribution >= 4 is 17.7 Å². The number of nitrogen functional groups attached to an aromatic ring is 1. The number of thioether (sulfide) groups is 1. The molecule has 1 amide bonds. The van der Waals surface area contributed by atoms with Gasteiger partial charge in [0.1, 0.15) is 12.4 Å². The molecule has 1 aromatic rings. The van der Waals surface area contributed by atoms with E-state index in [2.05, 4.69) is 24.2 Å². The van der Waals surface area contributed by atoms with Crippen LogP contribution in [0.4, 0.5) is 0 Å². The number of benzene rings is 1. The minimum absolute atomic E-state index is 0.309. The van der Waals surface area contributed by atoms with Crippen molar-refractivity contribution in [3.05, 3.63) is 29.8 Å². The first-order valence-electron chi connectivity index (χ1n) is 7.20. The number of amides is 1. The highest BCUT2D eigenvalue weighted by atomic mass is 32.2. The molecule has 2 rings (SSSR count). The van der Waals surface area contributed by atoms with E-state index in [0.717, 1.165) is 19.6 Å². The minimum Gasteiger partial charge on any atom is -0.492 e. The molecule has 1 aromatic carbocycles. The number of rotatable bonds is 5. The summed E-state index contributed by atoms with van der Waals surface area (Å²) in [6.07, 6.45) is 0. The molecule has 0 aliphatic carbocycles. The average molecular weight is 309 g/mol. The monoisotopic (exact) mass is 309 g/mol. The molecule has 1 heterocycles. The maximum absolute atomic E-state index is 11.5. The second-order valence-electron chi connectivity index (χ2n) is 5.37. The second-order valence-corrected chi connectivity index (χ2v) is 7.25. The van der Waals surface area contributed by atoms with Gasteiger partial charge in [0.15, 0.2) is 0 Å². The summed E-state index contributed by atoms with van der Waals surface area (Å²) in [5.41, 5.74) is 2.63. The normalized spacial score (nSPS) is 22.8. The molecule has 1 aliphatic rings. The quantitative estimate of drug-likeness (QED) is 0.490. The third-order valence-corrected chi connectivity index (χ3v) is 4.63. The fourth-order valence-electron chi connectivity index (χ4n) is 2.57. The van der Waals surface area contributed by atoms with Crippen molar-refractivity contribution in [2.75, 3.05) is 26.2 Å². The summed E-state index contributed by atoms with van der Waals surface area (Å²) in [4.78, 5) is 13.9. The zero-order chi connectivity index (χ0) is 15.2. The van der Waals surface area contributed by atoms with E-state index in [1.165, 1.54) is 0 Å². The van der Waals surface area contributed by atoms with E-state index < -0.39 is 0 Å². The number of nitrogens with two attached hydrogens (primary N) is 1. The van der Waals surface area contributed by atoms with Crippen LogP contribution in [0.2, 0.25) is 0 Å². The molecule has 2 unspecified atom stereocenters. The third kappa shape index (κ3) is 4.91. The van der Waals surface area contributed by atoms with E-state index in [9.17, 15) is 4.79 Å². The highest BCUT2D eigenvalue weighted by Crippen LogP contribution is 2.24. The van der Waals surface area contributed by atoms with Crippen LogP contribution in [-0.2, 0) is 0 Å². The molecular weight excluding hydrogens is 286 g/mol. The van der Waals surface area contributed by atoms with Crippen LogP contribution in [0, 0.1) is 0 Å². The number of hydrazine groups is 1. The number of hydrogen-bond acceptors (Lipinski definition) is 5. The Hall–Kier alpha value is -1.24. The van der Waals surface area contributed by atoms with Crippen molar-refractivity contribution < 1.29 is 9.53 Å². The largest absolute Gasteiger partial charge is 0.492 e. The van der Waals surface area contributed by atoms with Gasteiger partial charge in [-0.2, -0.15) is 11.8 Å². The molecule has 0 spiro atoms. The van der Waals surface area contributed by atoms with Crippen LogP contribution >= 0.6 is 11.8 Å². The first-order valence-corrected chi connectivity index (χ1v) is 8.14. The molecule has 5 nitrogen and oxygen atoms in total. The van der Waals surface area contributed by atoms with Crippen LogP contribution in [0.1, 0.15) is 24.2 Å². The van der Waals surface area contributed by atoms with Crippen LogP contribution in [0.5, 0.6) is 5.75 Å². The van der Waals surface area contributed by atoms with E-state index in [1.807, 2.05) is 17.8 Å². The average Bonchev–Trinajstić information content (AvgIpc) is 2.46. The maximum Gasteiger partial charge on any atom is 0.265 e. The maximum atomic E-state index is 11.5. The van der Waals surface area contributed by atoms with Gasteiger partial charge in [-0.1, -0.05) is 19.9 Å². The lowest BCUT2D eigenvalue weighted by Crippen LogP contribution is -2.42. The topological polar surface area (TPSA) is 67.6 Å². The van der Waals surface area contributed by atoms with Gasteiger partial charge in [0.2, 0.25) is 0 Å². The van der Waals surface area contributed by atoms with Gasteiger partial charge >= 0.3 is 0 Å². The van der Waals surface area contributed by atoms with E-state index in [0.29, 0.717) is 28.4 Å². The molecular formula is C15H23N3O2S. The standard InChI is InChI=1S/C15H23N3O2S/c1-11-9-18(10-12(2)21-11)6-7-20-14-5-3-4-13(8-14)15(19)17-16/h3-5,8,11-12H,6-7,9-10,16H2,1-2H3,(H,17,19). The molecule has 1 fully saturated rings. The van der Waals surface area contributed by atoms with E-state index >= 15 is 0 Å². The van der Waals surface area contributed by atoms with Crippen molar-refractivity contribution in [1.29, 1.82) is 0 Å². The van der Waals surface area contributed by atoms with Gasteiger partial charge in [-0.3, -0.25) is 15.1 Å². The van der Waals surface area contributed by atoms with Crippen LogP contribution in [-0.4, -0.2) is 47.5 Å². The Balaban J connectivity index is 1.82. The Morgan fingerprint density at radius 3 is 2.81 bits per heavy atom. The lowest BCUT2D eigenvalue weighted by Gasteiger charge is -2.34.